The quantitative estimate of drug-likeness (QED) is 0.344. The molecule has 172 valence electrons. The minimum atomic E-state index is -1.44. The van der Waals surface area contributed by atoms with Crippen LogP contribution in [0.15, 0.2) is 71.3 Å². The minimum absolute atomic E-state index is 0.293. The predicted octanol–water partition coefficient (Wildman–Crippen LogP) is 5.11. The van der Waals surface area contributed by atoms with Gasteiger partial charge in [0.05, 0.1) is 12.7 Å². The summed E-state index contributed by atoms with van der Waals surface area (Å²) in [6.07, 6.45) is 9.84. The normalized spacial score (nSPS) is 11.9. The summed E-state index contributed by atoms with van der Waals surface area (Å²) >= 11 is 0. The third-order valence-electron chi connectivity index (χ3n) is 5.87. The Morgan fingerprint density at radius 1 is 0.812 bits per heavy atom. The van der Waals surface area contributed by atoms with Gasteiger partial charge >= 0.3 is 0 Å². The number of benzene rings is 2. The molecule has 0 aliphatic rings. The number of nitrogens with zero attached hydrogens (tertiary/aromatic N) is 2. The fourth-order valence-corrected chi connectivity index (χ4v) is 4.04. The van der Waals surface area contributed by atoms with E-state index in [-0.39, 0.29) is 0 Å². The van der Waals surface area contributed by atoms with Crippen LogP contribution in [0.4, 0.5) is 0 Å². The van der Waals surface area contributed by atoms with E-state index >= 15 is 0 Å². The number of oxazole rings is 1. The van der Waals surface area contributed by atoms with E-state index in [4.69, 9.17) is 9.52 Å². The van der Waals surface area contributed by atoms with Crippen LogP contribution in [0, 0.1) is 0 Å². The Morgan fingerprint density at radius 3 is 1.91 bits per heavy atom. The first-order valence-electron chi connectivity index (χ1n) is 11.7. The zero-order valence-corrected chi connectivity index (χ0v) is 19.1. The van der Waals surface area contributed by atoms with Crippen molar-refractivity contribution in [1.82, 2.24) is 9.88 Å². The molecule has 0 bridgehead atoms. The fourth-order valence-electron chi connectivity index (χ4n) is 4.04. The Balaban J connectivity index is 1.58. The first-order valence-corrected chi connectivity index (χ1v) is 11.7. The van der Waals surface area contributed by atoms with Crippen LogP contribution in [0.2, 0.25) is 0 Å². The van der Waals surface area contributed by atoms with Gasteiger partial charge in [-0.2, -0.15) is 0 Å². The first kappa shape index (κ1) is 24.2. The van der Waals surface area contributed by atoms with Gasteiger partial charge < -0.3 is 14.6 Å². The highest BCUT2D eigenvalue weighted by Gasteiger charge is 2.38. The van der Waals surface area contributed by atoms with Crippen LogP contribution in [0.3, 0.4) is 0 Å². The first-order chi connectivity index (χ1) is 15.6. The van der Waals surface area contributed by atoms with Crippen LogP contribution in [-0.4, -0.2) is 40.3 Å². The van der Waals surface area contributed by atoms with Crippen LogP contribution < -0.4 is 0 Å². The monoisotopic (exact) mass is 436 g/mol. The Morgan fingerprint density at radius 2 is 1.34 bits per heavy atom. The van der Waals surface area contributed by atoms with Crippen molar-refractivity contribution in [1.29, 1.82) is 0 Å². The smallest absolute Gasteiger partial charge is 0.236 e. The van der Waals surface area contributed by atoms with Gasteiger partial charge in [0, 0.05) is 6.61 Å². The van der Waals surface area contributed by atoms with Gasteiger partial charge in [-0.1, -0.05) is 92.8 Å². The van der Waals surface area contributed by atoms with E-state index in [0.29, 0.717) is 19.0 Å². The van der Waals surface area contributed by atoms with Gasteiger partial charge in [0.2, 0.25) is 5.89 Å². The fraction of sp³-hybridized carbons (Fsp3) is 0.444. The SMILES string of the molecule is CN(CCCCCCCCCO)Cc1cnc(C(O)(c2ccccc2)c2ccccc2)o1. The molecule has 0 saturated heterocycles. The molecule has 2 N–H and O–H groups in total. The maximum atomic E-state index is 11.8. The Kier molecular flexibility index (Phi) is 9.47. The number of hydrogen-bond donors (Lipinski definition) is 2. The lowest BCUT2D eigenvalue weighted by Gasteiger charge is -2.26. The molecule has 5 heteroatoms. The highest BCUT2D eigenvalue weighted by molar-refractivity contribution is 5.41. The summed E-state index contributed by atoms with van der Waals surface area (Å²) in [6, 6.07) is 19.1. The number of aliphatic hydroxyl groups excluding tert-OH is 1. The van der Waals surface area contributed by atoms with E-state index < -0.39 is 5.60 Å². The summed E-state index contributed by atoms with van der Waals surface area (Å²) in [5.74, 6) is 1.04. The van der Waals surface area contributed by atoms with Crippen LogP contribution in [-0.2, 0) is 12.1 Å². The van der Waals surface area contributed by atoms with E-state index in [1.54, 1.807) is 6.20 Å². The average Bonchev–Trinajstić information content (AvgIpc) is 3.30. The van der Waals surface area contributed by atoms with Gasteiger partial charge in [0.1, 0.15) is 5.76 Å². The summed E-state index contributed by atoms with van der Waals surface area (Å²) in [4.78, 5) is 6.71. The molecule has 3 aromatic rings. The van der Waals surface area contributed by atoms with Gasteiger partial charge in [-0.05, 0) is 37.6 Å². The molecule has 0 spiro atoms. The molecule has 3 rings (SSSR count). The summed E-state index contributed by atoms with van der Waals surface area (Å²) < 4.78 is 6.09. The summed E-state index contributed by atoms with van der Waals surface area (Å²) in [5.41, 5.74) is 0.0222. The van der Waals surface area contributed by atoms with Crippen molar-refractivity contribution >= 4 is 0 Å². The van der Waals surface area contributed by atoms with Crippen molar-refractivity contribution in [3.05, 3.63) is 89.6 Å². The average molecular weight is 437 g/mol. The molecule has 0 unspecified atom stereocenters. The van der Waals surface area contributed by atoms with Crippen molar-refractivity contribution in [2.45, 2.75) is 57.1 Å². The minimum Gasteiger partial charge on any atom is -0.441 e. The maximum Gasteiger partial charge on any atom is 0.236 e. The second-order valence-corrected chi connectivity index (χ2v) is 8.51. The molecular formula is C27H36N2O3. The number of aliphatic hydroxyl groups is 2. The number of rotatable bonds is 14. The van der Waals surface area contributed by atoms with Gasteiger partial charge in [-0.25, -0.2) is 4.98 Å². The molecule has 0 atom stereocenters. The van der Waals surface area contributed by atoms with Gasteiger partial charge in [0.15, 0.2) is 5.60 Å². The van der Waals surface area contributed by atoms with E-state index in [1.807, 2.05) is 60.7 Å². The van der Waals surface area contributed by atoms with Crippen LogP contribution >= 0.6 is 0 Å². The van der Waals surface area contributed by atoms with Crippen LogP contribution in [0.25, 0.3) is 0 Å². The number of hydrogen-bond acceptors (Lipinski definition) is 5. The Labute approximate surface area is 191 Å². The lowest BCUT2D eigenvalue weighted by Crippen LogP contribution is -2.29. The Bertz CT molecular complexity index is 856. The van der Waals surface area contributed by atoms with E-state index in [0.717, 1.165) is 42.7 Å². The second-order valence-electron chi connectivity index (χ2n) is 8.51. The third-order valence-corrected chi connectivity index (χ3v) is 5.87. The van der Waals surface area contributed by atoms with Crippen LogP contribution in [0.5, 0.6) is 0 Å². The van der Waals surface area contributed by atoms with E-state index in [1.165, 1.54) is 25.7 Å². The van der Waals surface area contributed by atoms with Gasteiger partial charge in [0.25, 0.3) is 0 Å². The van der Waals surface area contributed by atoms with Crippen molar-refractivity contribution in [2.24, 2.45) is 0 Å². The topological polar surface area (TPSA) is 69.7 Å². The molecule has 0 fully saturated rings. The number of aromatic nitrogens is 1. The lowest BCUT2D eigenvalue weighted by molar-refractivity contribution is 0.0900. The highest BCUT2D eigenvalue weighted by Crippen LogP contribution is 2.36. The molecule has 1 heterocycles. The highest BCUT2D eigenvalue weighted by atomic mass is 16.4. The van der Waals surface area contributed by atoms with Crippen molar-refractivity contribution in [3.63, 3.8) is 0 Å². The molecule has 1 aromatic heterocycles. The van der Waals surface area contributed by atoms with Gasteiger partial charge in [-0.15, -0.1) is 0 Å². The Hall–Kier alpha value is -2.47. The molecule has 32 heavy (non-hydrogen) atoms. The van der Waals surface area contributed by atoms with Gasteiger partial charge in [-0.3, -0.25) is 4.90 Å². The molecule has 0 aliphatic carbocycles. The van der Waals surface area contributed by atoms with Crippen molar-refractivity contribution < 1.29 is 14.6 Å². The molecular weight excluding hydrogens is 400 g/mol. The zero-order valence-electron chi connectivity index (χ0n) is 19.1. The summed E-state index contributed by atoms with van der Waals surface area (Å²) in [6.45, 7) is 1.96. The maximum absolute atomic E-state index is 11.8. The standard InChI is InChI=1S/C27H36N2O3/c1-29(19-13-5-3-2-4-6-14-20-30)22-25-21-28-26(32-25)27(31,23-15-9-7-10-16-23)24-17-11-8-12-18-24/h7-12,15-18,21,30-31H,2-6,13-14,19-20,22H2,1H3. The molecule has 0 saturated carbocycles. The molecule has 0 radical (unpaired) electrons. The predicted molar refractivity (Wildman–Crippen MR) is 127 cm³/mol. The molecule has 2 aromatic carbocycles. The van der Waals surface area contributed by atoms with Crippen molar-refractivity contribution in [3.8, 4) is 0 Å². The molecule has 5 nitrogen and oxygen atoms in total. The number of unbranched alkanes of at least 4 members (excludes halogenated alkanes) is 6. The van der Waals surface area contributed by atoms with E-state index in [2.05, 4.69) is 16.9 Å². The zero-order chi connectivity index (χ0) is 22.7. The molecule has 0 amide bonds. The third kappa shape index (κ3) is 6.52. The summed E-state index contributed by atoms with van der Waals surface area (Å²) in [5, 5.41) is 20.6. The van der Waals surface area contributed by atoms with E-state index in [9.17, 15) is 5.11 Å². The molecule has 0 aliphatic heterocycles. The lowest BCUT2D eigenvalue weighted by atomic mass is 9.86. The second kappa shape index (κ2) is 12.5. The largest absolute Gasteiger partial charge is 0.441 e. The van der Waals surface area contributed by atoms with Crippen molar-refractivity contribution in [2.75, 3.05) is 20.2 Å². The van der Waals surface area contributed by atoms with Crippen LogP contribution in [0.1, 0.15) is 67.7 Å². The summed E-state index contributed by atoms with van der Waals surface area (Å²) in [7, 11) is 2.09.